The number of anilines is 1. The molecule has 1 rings (SSSR count). The normalized spacial score (nSPS) is 13.2. The van der Waals surface area contributed by atoms with Gasteiger partial charge in [0.1, 0.15) is 11.4 Å². The third-order valence-electron chi connectivity index (χ3n) is 3.25. The zero-order valence-corrected chi connectivity index (χ0v) is 13.2. The van der Waals surface area contributed by atoms with Crippen molar-refractivity contribution in [2.45, 2.75) is 39.2 Å². The van der Waals surface area contributed by atoms with Gasteiger partial charge in [0, 0.05) is 12.3 Å². The van der Waals surface area contributed by atoms with Gasteiger partial charge in [-0.2, -0.15) is 0 Å². The minimum Gasteiger partial charge on any atom is -0.482 e. The fourth-order valence-electron chi connectivity index (χ4n) is 1.70. The third-order valence-corrected chi connectivity index (χ3v) is 3.25. The van der Waals surface area contributed by atoms with Crippen molar-refractivity contribution in [3.8, 4) is 5.75 Å². The molecule has 0 fully saturated rings. The average molecular weight is 309 g/mol. The number of carboxylic acids is 1. The smallest absolute Gasteiger partial charge is 0.341 e. The molecule has 1 aromatic carbocycles. The molecule has 1 unspecified atom stereocenters. The molecule has 6 heteroatoms. The molecule has 0 aliphatic heterocycles. The van der Waals surface area contributed by atoms with E-state index in [9.17, 15) is 9.59 Å². The van der Waals surface area contributed by atoms with Gasteiger partial charge in [-0.3, -0.25) is 4.79 Å². The molecule has 1 atom stereocenters. The zero-order chi connectivity index (χ0) is 16.6. The summed E-state index contributed by atoms with van der Waals surface area (Å²) in [6, 6.07) is 6.53. The Morgan fingerprint density at radius 3 is 2.36 bits per heavy atom. The molecule has 122 valence electrons. The molecule has 0 radical (unpaired) electrons. The molecule has 0 saturated heterocycles. The second-order valence-corrected chi connectivity index (χ2v) is 5.09. The number of aliphatic carboxylic acids is 1. The van der Waals surface area contributed by atoms with Crippen molar-refractivity contribution in [1.82, 2.24) is 0 Å². The average Bonchev–Trinajstić information content (AvgIpc) is 2.51. The summed E-state index contributed by atoms with van der Waals surface area (Å²) in [6.07, 6.45) is 1.41. The number of rotatable bonds is 9. The number of carboxylic acid groups (broad SMARTS) is 1. The molecule has 0 spiro atoms. The van der Waals surface area contributed by atoms with Crippen LogP contribution in [0.4, 0.5) is 5.69 Å². The van der Waals surface area contributed by atoms with Crippen LogP contribution in [-0.2, 0) is 14.3 Å². The van der Waals surface area contributed by atoms with E-state index < -0.39 is 18.2 Å². The quantitative estimate of drug-likeness (QED) is 0.732. The molecule has 0 bridgehead atoms. The van der Waals surface area contributed by atoms with Crippen molar-refractivity contribution >= 4 is 17.6 Å². The number of hydrogen-bond donors (Lipinski definition) is 2. The Labute approximate surface area is 130 Å². The molecular weight excluding hydrogens is 286 g/mol. The molecule has 1 amide bonds. The van der Waals surface area contributed by atoms with E-state index in [1.807, 2.05) is 13.8 Å². The van der Waals surface area contributed by atoms with Gasteiger partial charge in [0.25, 0.3) is 5.91 Å². The lowest BCUT2D eigenvalue weighted by molar-refractivity contribution is -0.140. The molecule has 0 aliphatic carbocycles. The summed E-state index contributed by atoms with van der Waals surface area (Å²) in [6.45, 7) is 5.79. The predicted molar refractivity (Wildman–Crippen MR) is 83.1 cm³/mol. The first kappa shape index (κ1) is 18.0. The van der Waals surface area contributed by atoms with E-state index in [1.54, 1.807) is 31.2 Å². The first-order valence-corrected chi connectivity index (χ1v) is 7.31. The highest BCUT2D eigenvalue weighted by atomic mass is 16.5. The minimum atomic E-state index is -1.04. The van der Waals surface area contributed by atoms with Crippen LogP contribution in [0.2, 0.25) is 0 Å². The van der Waals surface area contributed by atoms with Crippen molar-refractivity contribution in [3.63, 3.8) is 0 Å². The highest BCUT2D eigenvalue weighted by Crippen LogP contribution is 2.21. The molecule has 6 nitrogen and oxygen atoms in total. The van der Waals surface area contributed by atoms with Gasteiger partial charge in [-0.15, -0.1) is 0 Å². The van der Waals surface area contributed by atoms with Crippen LogP contribution < -0.4 is 10.1 Å². The number of hydrogen-bond acceptors (Lipinski definition) is 4. The number of benzene rings is 1. The summed E-state index contributed by atoms with van der Waals surface area (Å²) in [4.78, 5) is 22.7. The molecule has 0 aliphatic rings. The Kier molecular flexibility index (Phi) is 6.85. The summed E-state index contributed by atoms with van der Waals surface area (Å²) in [5, 5.41) is 11.3. The maximum Gasteiger partial charge on any atom is 0.341 e. The topological polar surface area (TPSA) is 84.9 Å². The van der Waals surface area contributed by atoms with Crippen LogP contribution in [0, 0.1) is 0 Å². The highest BCUT2D eigenvalue weighted by molar-refractivity contribution is 5.97. The molecule has 0 saturated carbocycles. The fourth-order valence-corrected chi connectivity index (χ4v) is 1.70. The number of amides is 1. The Morgan fingerprint density at radius 1 is 1.23 bits per heavy atom. The van der Waals surface area contributed by atoms with Gasteiger partial charge in [0.2, 0.25) is 0 Å². The SMILES string of the molecule is CCCOC(C)(CC)C(=O)Nc1ccc(OCC(=O)O)cc1. The minimum absolute atomic E-state index is 0.206. The maximum absolute atomic E-state index is 12.3. The second-order valence-electron chi connectivity index (χ2n) is 5.09. The summed E-state index contributed by atoms with van der Waals surface area (Å²) in [7, 11) is 0. The van der Waals surface area contributed by atoms with Crippen molar-refractivity contribution < 1.29 is 24.2 Å². The van der Waals surface area contributed by atoms with Crippen LogP contribution >= 0.6 is 0 Å². The predicted octanol–water partition coefficient (Wildman–Crippen LogP) is 2.68. The first-order chi connectivity index (χ1) is 10.4. The van der Waals surface area contributed by atoms with Gasteiger partial charge < -0.3 is 19.9 Å². The lowest BCUT2D eigenvalue weighted by atomic mass is 10.0. The Bertz CT molecular complexity index is 500. The van der Waals surface area contributed by atoms with E-state index in [0.717, 1.165) is 6.42 Å². The lowest BCUT2D eigenvalue weighted by Crippen LogP contribution is -2.42. The zero-order valence-electron chi connectivity index (χ0n) is 13.2. The molecular formula is C16H23NO5. The van der Waals surface area contributed by atoms with E-state index in [1.165, 1.54) is 0 Å². The monoisotopic (exact) mass is 309 g/mol. The maximum atomic E-state index is 12.3. The van der Waals surface area contributed by atoms with Crippen LogP contribution in [-0.4, -0.2) is 35.8 Å². The first-order valence-electron chi connectivity index (χ1n) is 7.31. The van der Waals surface area contributed by atoms with Gasteiger partial charge in [-0.25, -0.2) is 4.79 Å². The Morgan fingerprint density at radius 2 is 1.86 bits per heavy atom. The summed E-state index contributed by atoms with van der Waals surface area (Å²) in [5.41, 5.74) is -0.262. The van der Waals surface area contributed by atoms with Gasteiger partial charge in [-0.1, -0.05) is 13.8 Å². The number of nitrogens with one attached hydrogen (secondary N) is 1. The van der Waals surface area contributed by atoms with Crippen molar-refractivity contribution in [1.29, 1.82) is 0 Å². The van der Waals surface area contributed by atoms with Crippen LogP contribution in [0.1, 0.15) is 33.6 Å². The fraction of sp³-hybridized carbons (Fsp3) is 0.500. The van der Waals surface area contributed by atoms with Crippen LogP contribution in [0.15, 0.2) is 24.3 Å². The van der Waals surface area contributed by atoms with Crippen molar-refractivity contribution in [2.24, 2.45) is 0 Å². The second kappa shape index (κ2) is 8.38. The summed E-state index contributed by atoms with van der Waals surface area (Å²) >= 11 is 0. The van der Waals surface area contributed by atoms with Gasteiger partial charge in [-0.05, 0) is 44.0 Å². The Balaban J connectivity index is 2.65. The molecule has 22 heavy (non-hydrogen) atoms. The van der Waals surface area contributed by atoms with Gasteiger partial charge in [0.05, 0.1) is 0 Å². The summed E-state index contributed by atoms with van der Waals surface area (Å²) < 4.78 is 10.7. The van der Waals surface area contributed by atoms with E-state index in [-0.39, 0.29) is 5.91 Å². The van der Waals surface area contributed by atoms with E-state index in [2.05, 4.69) is 5.32 Å². The molecule has 2 N–H and O–H groups in total. The highest BCUT2D eigenvalue weighted by Gasteiger charge is 2.32. The van der Waals surface area contributed by atoms with E-state index in [0.29, 0.717) is 24.5 Å². The van der Waals surface area contributed by atoms with E-state index in [4.69, 9.17) is 14.6 Å². The standard InChI is InChI=1S/C16H23NO5/c1-4-10-22-16(3,5-2)15(20)17-12-6-8-13(9-7-12)21-11-14(18)19/h6-9H,4-5,10-11H2,1-3H3,(H,17,20)(H,18,19). The van der Waals surface area contributed by atoms with Crippen LogP contribution in [0.25, 0.3) is 0 Å². The van der Waals surface area contributed by atoms with Crippen LogP contribution in [0.5, 0.6) is 5.75 Å². The number of carbonyl (C=O) groups is 2. The lowest BCUT2D eigenvalue weighted by Gasteiger charge is -2.27. The van der Waals surface area contributed by atoms with Gasteiger partial charge in [0.15, 0.2) is 6.61 Å². The van der Waals surface area contributed by atoms with Crippen molar-refractivity contribution in [2.75, 3.05) is 18.5 Å². The number of ether oxygens (including phenoxy) is 2. The largest absolute Gasteiger partial charge is 0.482 e. The number of carbonyl (C=O) groups excluding carboxylic acids is 1. The Hall–Kier alpha value is -2.08. The van der Waals surface area contributed by atoms with Crippen molar-refractivity contribution in [3.05, 3.63) is 24.3 Å². The molecule has 1 aromatic rings. The van der Waals surface area contributed by atoms with Crippen LogP contribution in [0.3, 0.4) is 0 Å². The molecule has 0 heterocycles. The third kappa shape index (κ3) is 5.37. The molecule has 0 aromatic heterocycles. The van der Waals surface area contributed by atoms with E-state index >= 15 is 0 Å². The summed E-state index contributed by atoms with van der Waals surface area (Å²) in [5.74, 6) is -0.812. The van der Waals surface area contributed by atoms with Gasteiger partial charge >= 0.3 is 5.97 Å².